The predicted molar refractivity (Wildman–Crippen MR) is 81.9 cm³/mol. The van der Waals surface area contributed by atoms with Gasteiger partial charge in [-0.05, 0) is 23.8 Å². The molecule has 0 unspecified atom stereocenters. The monoisotopic (exact) mass is 294 g/mol. The molecule has 0 fully saturated rings. The Balaban J connectivity index is 2.69. The second-order valence-electron chi connectivity index (χ2n) is 5.06. The van der Waals surface area contributed by atoms with E-state index in [4.69, 9.17) is 15.3 Å². The standard InChI is InChI=1S/C15H22N2O4/c1-17(2)13-6-3-12(4-7-13)5-8-14(21)16-15(9-18,10-19)11-20/h3-8,18-20H,9-11H2,1-2H3,(H,16,21)/b8-5+. The van der Waals surface area contributed by atoms with Gasteiger partial charge in [-0.3, -0.25) is 4.79 Å². The summed E-state index contributed by atoms with van der Waals surface area (Å²) >= 11 is 0. The fourth-order valence-electron chi connectivity index (χ4n) is 1.63. The van der Waals surface area contributed by atoms with Gasteiger partial charge in [0.05, 0.1) is 19.8 Å². The van der Waals surface area contributed by atoms with E-state index in [9.17, 15) is 4.79 Å². The average Bonchev–Trinajstić information content (AvgIpc) is 2.51. The van der Waals surface area contributed by atoms with Crippen LogP contribution in [0.3, 0.4) is 0 Å². The lowest BCUT2D eigenvalue weighted by atomic mass is 10.0. The molecule has 21 heavy (non-hydrogen) atoms. The molecule has 0 aromatic heterocycles. The normalized spacial score (nSPS) is 11.7. The number of nitrogens with zero attached hydrogens (tertiary/aromatic N) is 1. The van der Waals surface area contributed by atoms with Crippen LogP contribution in [0.15, 0.2) is 30.3 Å². The Morgan fingerprint density at radius 2 is 1.67 bits per heavy atom. The number of benzene rings is 1. The fourth-order valence-corrected chi connectivity index (χ4v) is 1.63. The van der Waals surface area contributed by atoms with Gasteiger partial charge in [0.25, 0.3) is 0 Å². The number of carbonyl (C=O) groups excluding carboxylic acids is 1. The highest BCUT2D eigenvalue weighted by atomic mass is 16.3. The molecule has 0 bridgehead atoms. The van der Waals surface area contributed by atoms with Gasteiger partial charge >= 0.3 is 0 Å². The smallest absolute Gasteiger partial charge is 0.244 e. The van der Waals surface area contributed by atoms with Crippen molar-refractivity contribution in [3.05, 3.63) is 35.9 Å². The number of amides is 1. The summed E-state index contributed by atoms with van der Waals surface area (Å²) in [6.45, 7) is -1.63. The van der Waals surface area contributed by atoms with Crippen molar-refractivity contribution in [2.24, 2.45) is 0 Å². The van der Waals surface area contributed by atoms with Crippen LogP contribution in [0.4, 0.5) is 5.69 Å². The van der Waals surface area contributed by atoms with E-state index in [-0.39, 0.29) is 0 Å². The van der Waals surface area contributed by atoms with Gasteiger partial charge in [0.2, 0.25) is 5.91 Å². The molecule has 1 rings (SSSR count). The van der Waals surface area contributed by atoms with Crippen molar-refractivity contribution < 1.29 is 20.1 Å². The van der Waals surface area contributed by atoms with Crippen LogP contribution in [0.2, 0.25) is 0 Å². The molecule has 0 heterocycles. The van der Waals surface area contributed by atoms with E-state index in [0.29, 0.717) is 0 Å². The van der Waals surface area contributed by atoms with Gasteiger partial charge in [-0.15, -0.1) is 0 Å². The second-order valence-corrected chi connectivity index (χ2v) is 5.06. The maximum Gasteiger partial charge on any atom is 0.244 e. The van der Waals surface area contributed by atoms with E-state index < -0.39 is 31.3 Å². The number of nitrogens with one attached hydrogen (secondary N) is 1. The van der Waals surface area contributed by atoms with E-state index >= 15 is 0 Å². The maximum absolute atomic E-state index is 11.7. The molecule has 1 aromatic carbocycles. The summed E-state index contributed by atoms with van der Waals surface area (Å²) in [7, 11) is 3.88. The first kappa shape index (κ1) is 17.2. The topological polar surface area (TPSA) is 93.0 Å². The number of anilines is 1. The van der Waals surface area contributed by atoms with Crippen molar-refractivity contribution in [2.45, 2.75) is 5.54 Å². The van der Waals surface area contributed by atoms with Gasteiger partial charge in [-0.1, -0.05) is 12.1 Å². The van der Waals surface area contributed by atoms with Crippen molar-refractivity contribution in [1.82, 2.24) is 5.32 Å². The lowest BCUT2D eigenvalue weighted by Crippen LogP contribution is -2.56. The van der Waals surface area contributed by atoms with E-state index in [1.807, 2.05) is 43.3 Å². The van der Waals surface area contributed by atoms with E-state index in [1.165, 1.54) is 6.08 Å². The van der Waals surface area contributed by atoms with E-state index in [1.54, 1.807) is 6.08 Å². The number of aliphatic hydroxyl groups excluding tert-OH is 3. The fraction of sp³-hybridized carbons (Fsp3) is 0.400. The molecule has 1 amide bonds. The van der Waals surface area contributed by atoms with Crippen molar-refractivity contribution in [3.8, 4) is 0 Å². The molecule has 6 heteroatoms. The Morgan fingerprint density at radius 1 is 1.14 bits per heavy atom. The van der Waals surface area contributed by atoms with E-state index in [0.717, 1.165) is 11.3 Å². The largest absolute Gasteiger partial charge is 0.394 e. The van der Waals surface area contributed by atoms with Crippen LogP contribution in [0.5, 0.6) is 0 Å². The molecule has 0 saturated carbocycles. The van der Waals surface area contributed by atoms with Crippen LogP contribution in [-0.4, -0.2) is 60.7 Å². The Hall–Kier alpha value is -1.89. The lowest BCUT2D eigenvalue weighted by molar-refractivity contribution is -0.120. The number of carbonyl (C=O) groups is 1. The number of hydrogen-bond donors (Lipinski definition) is 4. The first-order chi connectivity index (χ1) is 9.96. The molecule has 0 aliphatic rings. The quantitative estimate of drug-likeness (QED) is 0.513. The highest BCUT2D eigenvalue weighted by Crippen LogP contribution is 2.13. The maximum atomic E-state index is 11.7. The van der Waals surface area contributed by atoms with Crippen LogP contribution >= 0.6 is 0 Å². The molecule has 0 saturated heterocycles. The predicted octanol–water partition coefficient (Wildman–Crippen LogP) is -0.402. The Kier molecular flexibility index (Phi) is 6.36. The third-order valence-corrected chi connectivity index (χ3v) is 3.13. The number of aliphatic hydroxyl groups is 3. The zero-order valence-corrected chi connectivity index (χ0v) is 12.3. The molecule has 0 aliphatic heterocycles. The van der Waals surface area contributed by atoms with E-state index in [2.05, 4.69) is 5.32 Å². The van der Waals surface area contributed by atoms with Gasteiger partial charge in [0.15, 0.2) is 0 Å². The number of rotatable bonds is 7. The molecular weight excluding hydrogens is 272 g/mol. The highest BCUT2D eigenvalue weighted by Gasteiger charge is 2.29. The molecule has 0 radical (unpaired) electrons. The van der Waals surface area contributed by atoms with Crippen molar-refractivity contribution in [1.29, 1.82) is 0 Å². The van der Waals surface area contributed by atoms with Gasteiger partial charge in [-0.2, -0.15) is 0 Å². The van der Waals surface area contributed by atoms with Crippen LogP contribution in [0, 0.1) is 0 Å². The summed E-state index contributed by atoms with van der Waals surface area (Å²) in [5.41, 5.74) is 0.491. The molecular formula is C15H22N2O4. The zero-order chi connectivity index (χ0) is 15.9. The van der Waals surface area contributed by atoms with Crippen molar-refractivity contribution in [3.63, 3.8) is 0 Å². The van der Waals surface area contributed by atoms with Gasteiger partial charge < -0.3 is 25.5 Å². The SMILES string of the molecule is CN(C)c1ccc(/C=C/C(=O)NC(CO)(CO)CO)cc1. The van der Waals surface area contributed by atoms with Crippen LogP contribution in [-0.2, 0) is 4.79 Å². The van der Waals surface area contributed by atoms with Gasteiger partial charge in [0.1, 0.15) is 5.54 Å². The summed E-state index contributed by atoms with van der Waals surface area (Å²) in [4.78, 5) is 13.7. The Labute approximate surface area is 124 Å². The summed E-state index contributed by atoms with van der Waals surface area (Å²) < 4.78 is 0. The minimum absolute atomic E-state index is 0.496. The summed E-state index contributed by atoms with van der Waals surface area (Å²) in [6, 6.07) is 7.60. The third kappa shape index (κ3) is 4.86. The van der Waals surface area contributed by atoms with Crippen molar-refractivity contribution in [2.75, 3.05) is 38.8 Å². The molecule has 4 N–H and O–H groups in total. The summed E-state index contributed by atoms with van der Waals surface area (Å²) in [5.74, 6) is -0.496. The molecule has 0 atom stereocenters. The minimum Gasteiger partial charge on any atom is -0.394 e. The molecule has 1 aromatic rings. The summed E-state index contributed by atoms with van der Waals surface area (Å²) in [5, 5.41) is 29.8. The van der Waals surface area contributed by atoms with Gasteiger partial charge in [-0.25, -0.2) is 0 Å². The minimum atomic E-state index is -1.41. The highest BCUT2D eigenvalue weighted by molar-refractivity contribution is 5.92. The average molecular weight is 294 g/mol. The first-order valence-electron chi connectivity index (χ1n) is 6.56. The molecule has 0 aliphatic carbocycles. The van der Waals surface area contributed by atoms with Crippen LogP contribution < -0.4 is 10.2 Å². The Bertz CT molecular complexity index is 471. The molecule has 6 nitrogen and oxygen atoms in total. The molecule has 116 valence electrons. The molecule has 0 spiro atoms. The Morgan fingerprint density at radius 3 is 2.10 bits per heavy atom. The van der Waals surface area contributed by atoms with Gasteiger partial charge in [0, 0.05) is 25.9 Å². The summed E-state index contributed by atoms with van der Waals surface area (Å²) in [6.07, 6.45) is 2.91. The van der Waals surface area contributed by atoms with Crippen LogP contribution in [0.1, 0.15) is 5.56 Å². The lowest BCUT2D eigenvalue weighted by Gasteiger charge is -2.27. The second kappa shape index (κ2) is 7.78. The third-order valence-electron chi connectivity index (χ3n) is 3.13. The first-order valence-corrected chi connectivity index (χ1v) is 6.56. The zero-order valence-electron chi connectivity index (χ0n) is 12.3. The number of hydrogen-bond acceptors (Lipinski definition) is 5. The van der Waals surface area contributed by atoms with Crippen molar-refractivity contribution >= 4 is 17.7 Å². The van der Waals surface area contributed by atoms with Crippen LogP contribution in [0.25, 0.3) is 6.08 Å².